The van der Waals surface area contributed by atoms with Gasteiger partial charge in [-0.2, -0.15) is 0 Å². The van der Waals surface area contributed by atoms with Crippen LogP contribution in [0.25, 0.3) is 11.3 Å². The lowest BCUT2D eigenvalue weighted by molar-refractivity contribution is -0.132. The van der Waals surface area contributed by atoms with Crippen LogP contribution in [0.5, 0.6) is 0 Å². The van der Waals surface area contributed by atoms with Crippen LogP contribution < -0.4 is 10.0 Å². The molecule has 2 aromatic heterocycles. The molecule has 0 saturated carbocycles. The molecule has 0 spiro atoms. The summed E-state index contributed by atoms with van der Waals surface area (Å²) in [5.41, 5.74) is -0.111. The summed E-state index contributed by atoms with van der Waals surface area (Å²) in [7, 11) is -3.91. The molecule has 33 heavy (non-hydrogen) atoms. The number of pyridine rings is 1. The van der Waals surface area contributed by atoms with Crippen molar-refractivity contribution in [2.45, 2.75) is 17.0 Å². The molecule has 1 aliphatic rings. The zero-order chi connectivity index (χ0) is 23.2. The fourth-order valence-corrected chi connectivity index (χ4v) is 4.44. The smallest absolute Gasteiger partial charge is 0.268 e. The van der Waals surface area contributed by atoms with Crippen molar-refractivity contribution in [2.75, 3.05) is 4.90 Å². The molecule has 5 rings (SSSR count). The molecule has 0 saturated heterocycles. The first-order valence-corrected chi connectivity index (χ1v) is 11.5. The fourth-order valence-electron chi connectivity index (χ4n) is 3.92. The van der Waals surface area contributed by atoms with Gasteiger partial charge in [0, 0.05) is 23.5 Å². The highest BCUT2D eigenvalue weighted by Gasteiger charge is 2.51. The molecule has 1 unspecified atom stereocenters. The number of aliphatic hydroxyl groups is 1. The molecule has 1 aliphatic heterocycles. The second-order valence-electron chi connectivity index (χ2n) is 7.54. The topological polar surface area (TPSA) is 140 Å². The molecule has 0 fully saturated rings. The Hall–Kier alpha value is -3.86. The van der Waals surface area contributed by atoms with Gasteiger partial charge in [-0.05, 0) is 35.9 Å². The quantitative estimate of drug-likeness (QED) is 0.463. The number of anilines is 1. The van der Waals surface area contributed by atoms with Crippen LogP contribution in [0.4, 0.5) is 5.69 Å². The van der Waals surface area contributed by atoms with Crippen LogP contribution in [0.2, 0.25) is 0 Å². The number of aromatic nitrogens is 2. The molecule has 166 valence electrons. The van der Waals surface area contributed by atoms with Crippen LogP contribution >= 0.6 is 0 Å². The number of para-hydroxylation sites is 1. The van der Waals surface area contributed by atoms with E-state index in [0.29, 0.717) is 22.9 Å². The zero-order valence-corrected chi connectivity index (χ0v) is 17.9. The van der Waals surface area contributed by atoms with Crippen molar-refractivity contribution in [1.82, 2.24) is 9.97 Å². The van der Waals surface area contributed by atoms with Crippen molar-refractivity contribution in [1.29, 1.82) is 0 Å². The number of amides is 1. The summed E-state index contributed by atoms with van der Waals surface area (Å²) in [6.07, 6.45) is 4.84. The van der Waals surface area contributed by atoms with E-state index in [-0.39, 0.29) is 17.0 Å². The number of hydrogen-bond donors (Lipinski definition) is 2. The minimum Gasteiger partial charge on any atom is -0.439 e. The Morgan fingerprint density at radius 1 is 1.03 bits per heavy atom. The van der Waals surface area contributed by atoms with Crippen molar-refractivity contribution in [2.24, 2.45) is 5.14 Å². The summed E-state index contributed by atoms with van der Waals surface area (Å²) in [6.45, 7) is -0.00149. The largest absolute Gasteiger partial charge is 0.439 e. The number of nitrogens with two attached hydrogens (primary N) is 1. The fraction of sp³-hybridized carbons (Fsp3) is 0.0870. The monoisotopic (exact) mass is 462 g/mol. The molecule has 0 radical (unpaired) electrons. The van der Waals surface area contributed by atoms with Gasteiger partial charge in [-0.3, -0.25) is 14.7 Å². The molecule has 0 bridgehead atoms. The van der Waals surface area contributed by atoms with E-state index in [9.17, 15) is 18.3 Å². The van der Waals surface area contributed by atoms with Crippen molar-refractivity contribution < 1.29 is 22.7 Å². The molecule has 2 aromatic carbocycles. The average molecular weight is 462 g/mol. The molecular formula is C23H18N4O5S. The van der Waals surface area contributed by atoms with Gasteiger partial charge in [0.1, 0.15) is 6.54 Å². The Morgan fingerprint density at radius 2 is 1.73 bits per heavy atom. The summed E-state index contributed by atoms with van der Waals surface area (Å²) in [5, 5.41) is 16.7. The van der Waals surface area contributed by atoms with E-state index < -0.39 is 21.5 Å². The van der Waals surface area contributed by atoms with Gasteiger partial charge < -0.3 is 9.52 Å². The number of oxazole rings is 1. The molecule has 0 aliphatic carbocycles. The number of fused-ring (bicyclic) bond motifs is 1. The number of carbonyl (C=O) groups excluding carboxylic acids is 1. The summed E-state index contributed by atoms with van der Waals surface area (Å²) in [6, 6.07) is 15.7. The summed E-state index contributed by atoms with van der Waals surface area (Å²) in [4.78, 5) is 23.0. The first kappa shape index (κ1) is 21.0. The normalized spacial score (nSPS) is 17.9. The number of primary sulfonamides is 1. The number of rotatable bonds is 5. The van der Waals surface area contributed by atoms with Gasteiger partial charge in [0.2, 0.25) is 15.9 Å². The van der Waals surface area contributed by atoms with Crippen LogP contribution in [-0.4, -0.2) is 29.4 Å². The molecule has 4 aromatic rings. The summed E-state index contributed by atoms with van der Waals surface area (Å²) in [5.74, 6) is 0.218. The van der Waals surface area contributed by atoms with E-state index in [2.05, 4.69) is 9.97 Å². The predicted molar refractivity (Wildman–Crippen MR) is 118 cm³/mol. The van der Waals surface area contributed by atoms with E-state index >= 15 is 0 Å². The van der Waals surface area contributed by atoms with Crippen LogP contribution in [0, 0.1) is 0 Å². The number of hydrogen-bond acceptors (Lipinski definition) is 7. The Labute approximate surface area is 189 Å². The van der Waals surface area contributed by atoms with E-state index in [0.717, 1.165) is 5.56 Å². The van der Waals surface area contributed by atoms with Crippen LogP contribution in [-0.2, 0) is 27.0 Å². The second-order valence-corrected chi connectivity index (χ2v) is 9.10. The third kappa shape index (κ3) is 3.50. The van der Waals surface area contributed by atoms with Crippen molar-refractivity contribution in [3.05, 3.63) is 96.3 Å². The third-order valence-electron chi connectivity index (χ3n) is 5.55. The molecule has 10 heteroatoms. The number of benzene rings is 2. The standard InChI is InChI=1S/C23H18N4O5S/c24-33(30,31)17-7-5-16(6-8-17)23(29)18-3-1-2-4-19(18)27(22(23)28)14-21-26-13-20(32-21)15-9-11-25-12-10-15/h1-13,29H,14H2,(H2,24,30,31). The second kappa shape index (κ2) is 7.62. The number of nitrogens with zero attached hydrogens (tertiary/aromatic N) is 3. The van der Waals surface area contributed by atoms with Crippen LogP contribution in [0.1, 0.15) is 17.0 Å². The van der Waals surface area contributed by atoms with Gasteiger partial charge in [0.25, 0.3) is 5.91 Å². The minimum atomic E-state index is -3.91. The lowest BCUT2D eigenvalue weighted by Crippen LogP contribution is -2.41. The van der Waals surface area contributed by atoms with E-state index in [1.807, 2.05) is 0 Å². The first-order chi connectivity index (χ1) is 15.8. The van der Waals surface area contributed by atoms with Gasteiger partial charge in [0.05, 0.1) is 16.8 Å². The lowest BCUT2D eigenvalue weighted by Gasteiger charge is -2.23. The SMILES string of the molecule is NS(=O)(=O)c1ccc(C2(O)C(=O)N(Cc3ncc(-c4ccncc4)o3)c3ccccc32)cc1. The summed E-state index contributed by atoms with van der Waals surface area (Å²) < 4.78 is 29.0. The Morgan fingerprint density at radius 3 is 2.42 bits per heavy atom. The maximum Gasteiger partial charge on any atom is 0.268 e. The van der Waals surface area contributed by atoms with E-state index in [1.54, 1.807) is 55.0 Å². The Bertz CT molecular complexity index is 1450. The molecule has 3 heterocycles. The number of sulfonamides is 1. The molecule has 9 nitrogen and oxygen atoms in total. The maximum atomic E-state index is 13.5. The zero-order valence-electron chi connectivity index (χ0n) is 17.1. The van der Waals surface area contributed by atoms with Crippen molar-refractivity contribution in [3.63, 3.8) is 0 Å². The molecule has 1 atom stereocenters. The summed E-state index contributed by atoms with van der Waals surface area (Å²) >= 11 is 0. The molecule has 1 amide bonds. The molecular weight excluding hydrogens is 444 g/mol. The molecule has 3 N–H and O–H groups in total. The van der Waals surface area contributed by atoms with Crippen molar-refractivity contribution >= 4 is 21.6 Å². The van der Waals surface area contributed by atoms with Gasteiger partial charge >= 0.3 is 0 Å². The minimum absolute atomic E-state index is 0.00149. The first-order valence-electron chi connectivity index (χ1n) is 9.91. The predicted octanol–water partition coefficient (Wildman–Crippen LogP) is 2.17. The highest BCUT2D eigenvalue weighted by Crippen LogP contribution is 2.45. The Kier molecular flexibility index (Phi) is 4.85. The number of carbonyl (C=O) groups is 1. The highest BCUT2D eigenvalue weighted by molar-refractivity contribution is 7.89. The average Bonchev–Trinajstić information content (AvgIpc) is 3.38. The third-order valence-corrected chi connectivity index (χ3v) is 6.48. The highest BCUT2D eigenvalue weighted by atomic mass is 32.2. The van der Waals surface area contributed by atoms with Crippen LogP contribution in [0.3, 0.4) is 0 Å². The lowest BCUT2D eigenvalue weighted by atomic mass is 9.87. The van der Waals surface area contributed by atoms with E-state index in [1.165, 1.54) is 29.2 Å². The van der Waals surface area contributed by atoms with Gasteiger partial charge in [-0.15, -0.1) is 0 Å². The van der Waals surface area contributed by atoms with Gasteiger partial charge in [-0.25, -0.2) is 18.5 Å². The van der Waals surface area contributed by atoms with E-state index in [4.69, 9.17) is 9.56 Å². The van der Waals surface area contributed by atoms with Crippen LogP contribution in [0.15, 0.2) is 88.6 Å². The Balaban J connectivity index is 1.51. The maximum absolute atomic E-state index is 13.5. The van der Waals surface area contributed by atoms with Gasteiger partial charge in [-0.1, -0.05) is 30.3 Å². The van der Waals surface area contributed by atoms with Crippen molar-refractivity contribution in [3.8, 4) is 11.3 Å². The van der Waals surface area contributed by atoms with Gasteiger partial charge in [0.15, 0.2) is 11.4 Å².